The van der Waals surface area contributed by atoms with Crippen LogP contribution in [0, 0.1) is 10.1 Å². The van der Waals surface area contributed by atoms with Gasteiger partial charge in [0.2, 0.25) is 0 Å². The van der Waals surface area contributed by atoms with E-state index in [2.05, 4.69) is 0 Å². The Hall–Kier alpha value is -2.31. The van der Waals surface area contributed by atoms with Crippen molar-refractivity contribution in [2.24, 2.45) is 0 Å². The molecular formula is C15H20N2O5. The van der Waals surface area contributed by atoms with Gasteiger partial charge in [-0.05, 0) is 33.3 Å². The van der Waals surface area contributed by atoms with E-state index in [1.165, 1.54) is 12.1 Å². The summed E-state index contributed by atoms with van der Waals surface area (Å²) in [6.45, 7) is 6.39. The SMILES string of the molecule is CC(C)(C)OC(=O)N1CC[C@H]1COc1cccc([N+](=O)[O-])c1. The van der Waals surface area contributed by atoms with Crippen molar-refractivity contribution in [3.8, 4) is 5.75 Å². The van der Waals surface area contributed by atoms with E-state index in [1.807, 2.05) is 20.8 Å². The average molecular weight is 308 g/mol. The van der Waals surface area contributed by atoms with Crippen molar-refractivity contribution in [2.45, 2.75) is 38.8 Å². The molecule has 1 atom stereocenters. The van der Waals surface area contributed by atoms with Crippen LogP contribution in [-0.2, 0) is 4.74 Å². The fourth-order valence-corrected chi connectivity index (χ4v) is 2.05. The topological polar surface area (TPSA) is 81.9 Å². The van der Waals surface area contributed by atoms with Gasteiger partial charge in [0.05, 0.1) is 17.0 Å². The van der Waals surface area contributed by atoms with Gasteiger partial charge in [-0.15, -0.1) is 0 Å². The van der Waals surface area contributed by atoms with Crippen LogP contribution in [0.15, 0.2) is 24.3 Å². The number of hydrogen-bond acceptors (Lipinski definition) is 5. The van der Waals surface area contributed by atoms with Crippen LogP contribution < -0.4 is 4.74 Å². The molecule has 7 nitrogen and oxygen atoms in total. The van der Waals surface area contributed by atoms with E-state index < -0.39 is 10.5 Å². The van der Waals surface area contributed by atoms with Crippen LogP contribution in [0.4, 0.5) is 10.5 Å². The van der Waals surface area contributed by atoms with E-state index in [4.69, 9.17) is 9.47 Å². The molecule has 0 radical (unpaired) electrons. The van der Waals surface area contributed by atoms with Crippen molar-refractivity contribution >= 4 is 11.8 Å². The molecule has 0 aliphatic carbocycles. The Balaban J connectivity index is 1.88. The smallest absolute Gasteiger partial charge is 0.410 e. The molecule has 0 saturated carbocycles. The zero-order valence-electron chi connectivity index (χ0n) is 12.9. The number of benzene rings is 1. The second-order valence-corrected chi connectivity index (χ2v) is 6.18. The third kappa shape index (κ3) is 4.09. The summed E-state index contributed by atoms with van der Waals surface area (Å²) in [5, 5.41) is 10.7. The quantitative estimate of drug-likeness (QED) is 0.631. The van der Waals surface area contributed by atoms with E-state index in [9.17, 15) is 14.9 Å². The molecule has 1 aromatic carbocycles. The van der Waals surface area contributed by atoms with Crippen LogP contribution >= 0.6 is 0 Å². The molecule has 7 heteroatoms. The first-order valence-electron chi connectivity index (χ1n) is 7.13. The molecule has 1 fully saturated rings. The van der Waals surface area contributed by atoms with Crippen molar-refractivity contribution in [2.75, 3.05) is 13.2 Å². The van der Waals surface area contributed by atoms with Crippen LogP contribution in [0.25, 0.3) is 0 Å². The van der Waals surface area contributed by atoms with Crippen LogP contribution in [0.3, 0.4) is 0 Å². The Bertz CT molecular complexity index is 567. The maximum atomic E-state index is 12.0. The molecule has 0 bridgehead atoms. The molecule has 0 N–H and O–H groups in total. The monoisotopic (exact) mass is 308 g/mol. The van der Waals surface area contributed by atoms with Gasteiger partial charge in [0.25, 0.3) is 5.69 Å². The number of hydrogen-bond donors (Lipinski definition) is 0. The maximum Gasteiger partial charge on any atom is 0.410 e. The highest BCUT2D eigenvalue weighted by atomic mass is 16.6. The third-order valence-corrected chi connectivity index (χ3v) is 3.24. The number of ether oxygens (including phenoxy) is 2. The van der Waals surface area contributed by atoms with Gasteiger partial charge in [-0.3, -0.25) is 10.1 Å². The van der Waals surface area contributed by atoms with Crippen molar-refractivity contribution in [3.05, 3.63) is 34.4 Å². The van der Waals surface area contributed by atoms with Gasteiger partial charge in [0, 0.05) is 12.6 Å². The van der Waals surface area contributed by atoms with Gasteiger partial charge < -0.3 is 14.4 Å². The molecule has 120 valence electrons. The van der Waals surface area contributed by atoms with Crippen LogP contribution in [-0.4, -0.2) is 40.7 Å². The highest BCUT2D eigenvalue weighted by Crippen LogP contribution is 2.24. The highest BCUT2D eigenvalue weighted by Gasteiger charge is 2.35. The fraction of sp³-hybridized carbons (Fsp3) is 0.533. The molecule has 1 amide bonds. The molecular weight excluding hydrogens is 288 g/mol. The van der Waals surface area contributed by atoms with Crippen molar-refractivity contribution in [1.82, 2.24) is 4.90 Å². The minimum atomic E-state index is -0.530. The predicted octanol–water partition coefficient (Wildman–Crippen LogP) is 2.98. The van der Waals surface area contributed by atoms with E-state index in [0.29, 0.717) is 18.9 Å². The van der Waals surface area contributed by atoms with E-state index in [0.717, 1.165) is 6.42 Å². The minimum absolute atomic E-state index is 0.0184. The van der Waals surface area contributed by atoms with Crippen molar-refractivity contribution in [1.29, 1.82) is 0 Å². The third-order valence-electron chi connectivity index (χ3n) is 3.24. The molecule has 1 heterocycles. The summed E-state index contributed by atoms with van der Waals surface area (Å²) in [4.78, 5) is 23.8. The van der Waals surface area contributed by atoms with E-state index >= 15 is 0 Å². The summed E-state index contributed by atoms with van der Waals surface area (Å²) < 4.78 is 10.9. The van der Waals surface area contributed by atoms with Crippen LogP contribution in [0.5, 0.6) is 5.75 Å². The lowest BCUT2D eigenvalue weighted by Gasteiger charge is -2.40. The Morgan fingerprint density at radius 3 is 2.73 bits per heavy atom. The number of carbonyl (C=O) groups is 1. The first-order chi connectivity index (χ1) is 10.3. The lowest BCUT2D eigenvalue weighted by molar-refractivity contribution is -0.384. The molecule has 2 rings (SSSR count). The lowest BCUT2D eigenvalue weighted by Crippen LogP contribution is -2.55. The van der Waals surface area contributed by atoms with Crippen molar-refractivity contribution < 1.29 is 19.2 Å². The molecule has 0 aromatic heterocycles. The summed E-state index contributed by atoms with van der Waals surface area (Å²) in [6.07, 6.45) is 0.472. The normalized spacial score (nSPS) is 17.6. The number of nitro benzene ring substituents is 1. The Morgan fingerprint density at radius 2 is 2.18 bits per heavy atom. The molecule has 0 spiro atoms. The van der Waals surface area contributed by atoms with Gasteiger partial charge in [-0.1, -0.05) is 6.07 Å². The molecule has 22 heavy (non-hydrogen) atoms. The maximum absolute atomic E-state index is 12.0. The Labute approximate surface area is 129 Å². The molecule has 1 aliphatic rings. The number of likely N-dealkylation sites (tertiary alicyclic amines) is 1. The first kappa shape index (κ1) is 16.1. The summed E-state index contributed by atoms with van der Waals surface area (Å²) in [7, 11) is 0. The number of nitrogens with zero attached hydrogens (tertiary/aromatic N) is 2. The van der Waals surface area contributed by atoms with Crippen LogP contribution in [0.1, 0.15) is 27.2 Å². The highest BCUT2D eigenvalue weighted by molar-refractivity contribution is 5.69. The molecule has 1 aliphatic heterocycles. The van der Waals surface area contributed by atoms with Gasteiger partial charge in [-0.2, -0.15) is 0 Å². The number of amides is 1. The number of rotatable bonds is 4. The summed E-state index contributed by atoms with van der Waals surface area (Å²) in [5.74, 6) is 0.422. The lowest BCUT2D eigenvalue weighted by atomic mass is 10.1. The van der Waals surface area contributed by atoms with Crippen LogP contribution in [0.2, 0.25) is 0 Å². The molecule has 1 saturated heterocycles. The second-order valence-electron chi connectivity index (χ2n) is 6.18. The van der Waals surface area contributed by atoms with E-state index in [1.54, 1.807) is 17.0 Å². The predicted molar refractivity (Wildman–Crippen MR) is 79.9 cm³/mol. The summed E-state index contributed by atoms with van der Waals surface area (Å²) in [6, 6.07) is 5.94. The fourth-order valence-electron chi connectivity index (χ4n) is 2.05. The zero-order valence-corrected chi connectivity index (χ0v) is 12.9. The summed E-state index contributed by atoms with van der Waals surface area (Å²) in [5.41, 5.74) is -0.548. The number of carbonyl (C=O) groups excluding carboxylic acids is 1. The number of non-ortho nitro benzene ring substituents is 1. The van der Waals surface area contributed by atoms with Gasteiger partial charge >= 0.3 is 6.09 Å². The Morgan fingerprint density at radius 1 is 1.45 bits per heavy atom. The first-order valence-corrected chi connectivity index (χ1v) is 7.13. The molecule has 0 unspecified atom stereocenters. The summed E-state index contributed by atoms with van der Waals surface area (Å²) >= 11 is 0. The van der Waals surface area contributed by atoms with E-state index in [-0.39, 0.29) is 17.8 Å². The number of nitro groups is 1. The van der Waals surface area contributed by atoms with Gasteiger partial charge in [0.1, 0.15) is 18.0 Å². The average Bonchev–Trinajstić information content (AvgIpc) is 2.35. The Kier molecular flexibility index (Phi) is 4.54. The zero-order chi connectivity index (χ0) is 16.3. The minimum Gasteiger partial charge on any atom is -0.491 e. The van der Waals surface area contributed by atoms with Gasteiger partial charge in [0.15, 0.2) is 0 Å². The molecule has 1 aromatic rings. The van der Waals surface area contributed by atoms with Crippen molar-refractivity contribution in [3.63, 3.8) is 0 Å². The van der Waals surface area contributed by atoms with Gasteiger partial charge in [-0.25, -0.2) is 4.79 Å². The standard InChI is InChI=1S/C15H20N2O5/c1-15(2,3)22-14(18)16-8-7-12(16)10-21-13-6-4-5-11(9-13)17(19)20/h4-6,9,12H,7-8,10H2,1-3H3/t12-/m0/s1. The second kappa shape index (κ2) is 6.21. The largest absolute Gasteiger partial charge is 0.491 e.